The van der Waals surface area contributed by atoms with Crippen LogP contribution < -0.4 is 5.01 Å². The molecular weight excluding hydrogens is 335 g/mol. The van der Waals surface area contributed by atoms with Crippen LogP contribution >= 0.6 is 15.9 Å². The minimum absolute atomic E-state index is 0.0136. The smallest absolute Gasteiger partial charge is 0.261 e. The van der Waals surface area contributed by atoms with Gasteiger partial charge in [-0.2, -0.15) is 23.5 Å². The van der Waals surface area contributed by atoms with Crippen LogP contribution in [0.4, 0.5) is 18.9 Å². The highest BCUT2D eigenvalue weighted by Crippen LogP contribution is 2.36. The summed E-state index contributed by atoms with van der Waals surface area (Å²) in [5, 5.41) is 13.8. The van der Waals surface area contributed by atoms with Crippen molar-refractivity contribution in [1.82, 2.24) is 0 Å². The highest BCUT2D eigenvalue weighted by Gasteiger charge is 2.48. The maximum Gasteiger partial charge on any atom is 0.431 e. The van der Waals surface area contributed by atoms with Gasteiger partial charge in [-0.05, 0) is 24.3 Å². The zero-order valence-corrected chi connectivity index (χ0v) is 12.1. The molecule has 0 N–H and O–H groups in total. The highest BCUT2D eigenvalue weighted by molar-refractivity contribution is 9.10. The van der Waals surface area contributed by atoms with E-state index in [1.54, 1.807) is 24.3 Å². The zero-order chi connectivity index (χ0) is 14.9. The molecule has 0 saturated heterocycles. The Labute approximate surface area is 122 Å². The lowest BCUT2D eigenvalue weighted by atomic mass is 9.95. The van der Waals surface area contributed by atoms with Gasteiger partial charge in [0.25, 0.3) is 0 Å². The van der Waals surface area contributed by atoms with Crippen molar-refractivity contribution in [3.05, 3.63) is 28.7 Å². The molecule has 0 aliphatic carbocycles. The molecule has 2 atom stereocenters. The largest absolute Gasteiger partial charge is 0.431 e. The number of hydrogen-bond donors (Lipinski definition) is 0. The third-order valence-corrected chi connectivity index (χ3v) is 3.75. The number of rotatable bonds is 2. The Morgan fingerprint density at radius 3 is 2.45 bits per heavy atom. The van der Waals surface area contributed by atoms with Crippen molar-refractivity contribution in [3.8, 4) is 6.07 Å². The number of alkyl halides is 3. The second-order valence-corrected chi connectivity index (χ2v) is 5.44. The summed E-state index contributed by atoms with van der Waals surface area (Å²) in [6.45, 7) is 1.45. The number of anilines is 1. The normalized spacial score (nSPS) is 22.6. The van der Waals surface area contributed by atoms with Crippen LogP contribution in [-0.4, -0.2) is 17.9 Å². The van der Waals surface area contributed by atoms with E-state index in [1.165, 1.54) is 11.9 Å². The first-order valence-corrected chi connectivity index (χ1v) is 6.71. The average Bonchev–Trinajstić information content (AvgIpc) is 2.69. The Hall–Kier alpha value is -1.55. The van der Waals surface area contributed by atoms with Crippen LogP contribution in [0, 0.1) is 17.2 Å². The summed E-state index contributed by atoms with van der Waals surface area (Å²) in [6.07, 6.45) is -4.49. The van der Waals surface area contributed by atoms with E-state index in [4.69, 9.17) is 5.26 Å². The van der Waals surface area contributed by atoms with E-state index in [0.717, 1.165) is 4.47 Å². The monoisotopic (exact) mass is 345 g/mol. The molecular formula is C13H11BrF3N3. The van der Waals surface area contributed by atoms with Crippen LogP contribution in [0.2, 0.25) is 0 Å². The molecule has 0 saturated carbocycles. The van der Waals surface area contributed by atoms with Crippen molar-refractivity contribution >= 4 is 27.3 Å². The molecule has 1 heterocycles. The van der Waals surface area contributed by atoms with Crippen LogP contribution in [0.1, 0.15) is 13.3 Å². The lowest BCUT2D eigenvalue weighted by Gasteiger charge is -2.24. The zero-order valence-electron chi connectivity index (χ0n) is 10.5. The van der Waals surface area contributed by atoms with Gasteiger partial charge in [-0.25, -0.2) is 0 Å². The van der Waals surface area contributed by atoms with Gasteiger partial charge in [-0.1, -0.05) is 22.9 Å². The molecule has 7 heteroatoms. The predicted octanol–water partition coefficient (Wildman–Crippen LogP) is 4.11. The minimum atomic E-state index is -4.47. The lowest BCUT2D eigenvalue weighted by molar-refractivity contribution is -0.0620. The molecule has 1 aliphatic heterocycles. The molecule has 0 aromatic heterocycles. The molecule has 0 radical (unpaired) electrons. The van der Waals surface area contributed by atoms with Crippen molar-refractivity contribution in [2.45, 2.75) is 25.6 Å². The molecule has 0 amide bonds. The van der Waals surface area contributed by atoms with Gasteiger partial charge < -0.3 is 0 Å². The summed E-state index contributed by atoms with van der Waals surface area (Å²) in [7, 11) is 0. The molecule has 20 heavy (non-hydrogen) atoms. The van der Waals surface area contributed by atoms with E-state index in [0.29, 0.717) is 5.69 Å². The number of hydrazone groups is 1. The Morgan fingerprint density at radius 2 is 1.95 bits per heavy atom. The number of nitriles is 1. The fourth-order valence-electron chi connectivity index (χ4n) is 2.19. The molecule has 0 bridgehead atoms. The molecule has 0 fully saturated rings. The first kappa shape index (κ1) is 14.9. The SMILES string of the molecule is C[C@@H]1C(C(F)(F)F)=NN(c2ccc(Br)cc2)[C@H]1CC#N. The Bertz CT molecular complexity index is 560. The van der Waals surface area contributed by atoms with E-state index in [2.05, 4.69) is 21.0 Å². The molecule has 1 aliphatic rings. The summed E-state index contributed by atoms with van der Waals surface area (Å²) < 4.78 is 39.6. The lowest BCUT2D eigenvalue weighted by Crippen LogP contribution is -2.35. The van der Waals surface area contributed by atoms with Crippen LogP contribution in [0.3, 0.4) is 0 Å². The van der Waals surface area contributed by atoms with Crippen LogP contribution in [0.5, 0.6) is 0 Å². The van der Waals surface area contributed by atoms with Crippen molar-refractivity contribution in [3.63, 3.8) is 0 Å². The molecule has 1 aromatic rings. The van der Waals surface area contributed by atoms with Crippen LogP contribution in [0.15, 0.2) is 33.8 Å². The third kappa shape index (κ3) is 2.80. The van der Waals surface area contributed by atoms with Gasteiger partial charge in [0.2, 0.25) is 0 Å². The van der Waals surface area contributed by atoms with Gasteiger partial charge in [-0.3, -0.25) is 5.01 Å². The molecule has 0 unspecified atom stereocenters. The second-order valence-electron chi connectivity index (χ2n) is 4.52. The van der Waals surface area contributed by atoms with Gasteiger partial charge in [0.05, 0.1) is 24.2 Å². The number of benzene rings is 1. The summed E-state index contributed by atoms with van der Waals surface area (Å²) in [6, 6.07) is 8.13. The topological polar surface area (TPSA) is 39.4 Å². The van der Waals surface area contributed by atoms with Crippen molar-refractivity contribution in [1.29, 1.82) is 5.26 Å². The van der Waals surface area contributed by atoms with Gasteiger partial charge in [0.15, 0.2) is 0 Å². The first-order chi connectivity index (χ1) is 9.34. The van der Waals surface area contributed by atoms with E-state index in [1.807, 2.05) is 6.07 Å². The van der Waals surface area contributed by atoms with Gasteiger partial charge >= 0.3 is 6.18 Å². The maximum atomic E-state index is 12.9. The minimum Gasteiger partial charge on any atom is -0.261 e. The highest BCUT2D eigenvalue weighted by atomic mass is 79.9. The van der Waals surface area contributed by atoms with Gasteiger partial charge in [0.1, 0.15) is 5.71 Å². The predicted molar refractivity (Wildman–Crippen MR) is 73.3 cm³/mol. The molecule has 2 rings (SSSR count). The van der Waals surface area contributed by atoms with Crippen molar-refractivity contribution in [2.75, 3.05) is 5.01 Å². The third-order valence-electron chi connectivity index (χ3n) is 3.22. The molecule has 106 valence electrons. The summed E-state index contributed by atoms with van der Waals surface area (Å²) in [5.74, 6) is -0.835. The quantitative estimate of drug-likeness (QED) is 0.809. The van der Waals surface area contributed by atoms with Crippen LogP contribution in [0.25, 0.3) is 0 Å². The van der Waals surface area contributed by atoms with Crippen LogP contribution in [-0.2, 0) is 0 Å². The summed E-state index contributed by atoms with van der Waals surface area (Å²) in [5.41, 5.74) is -0.291. The van der Waals surface area contributed by atoms with E-state index < -0.39 is 23.8 Å². The fraction of sp³-hybridized carbons (Fsp3) is 0.385. The van der Waals surface area contributed by atoms with Gasteiger partial charge in [0, 0.05) is 10.4 Å². The number of halogens is 4. The fourth-order valence-corrected chi connectivity index (χ4v) is 2.45. The Morgan fingerprint density at radius 1 is 1.35 bits per heavy atom. The molecule has 3 nitrogen and oxygen atoms in total. The van der Waals surface area contributed by atoms with E-state index in [-0.39, 0.29) is 6.42 Å². The van der Waals surface area contributed by atoms with E-state index in [9.17, 15) is 13.2 Å². The first-order valence-electron chi connectivity index (χ1n) is 5.92. The van der Waals surface area contributed by atoms with E-state index >= 15 is 0 Å². The van der Waals surface area contributed by atoms with Crippen molar-refractivity contribution in [2.24, 2.45) is 11.0 Å². The second kappa shape index (κ2) is 5.44. The summed E-state index contributed by atoms with van der Waals surface area (Å²) in [4.78, 5) is 0. The summed E-state index contributed by atoms with van der Waals surface area (Å²) >= 11 is 3.27. The number of hydrogen-bond acceptors (Lipinski definition) is 3. The Kier molecular flexibility index (Phi) is 4.04. The average molecular weight is 346 g/mol. The maximum absolute atomic E-state index is 12.9. The van der Waals surface area contributed by atoms with Crippen molar-refractivity contribution < 1.29 is 13.2 Å². The Balaban J connectivity index is 2.40. The molecule has 1 aromatic carbocycles. The van der Waals surface area contributed by atoms with Gasteiger partial charge in [-0.15, -0.1) is 0 Å². The standard InChI is InChI=1S/C13H11BrF3N3/c1-8-11(6-7-18)20(19-12(8)13(15,16)17)10-4-2-9(14)3-5-10/h2-5,8,11H,6H2,1H3/t8-,11-/m0/s1. The molecule has 0 spiro atoms. The number of nitrogens with zero attached hydrogens (tertiary/aromatic N) is 3.